The van der Waals surface area contributed by atoms with Crippen LogP contribution in [0.4, 0.5) is 5.69 Å². The zero-order valence-corrected chi connectivity index (χ0v) is 15.2. The molecule has 6 heteroatoms. The number of carbonyl (C=O) groups is 2. The van der Waals surface area contributed by atoms with Crippen molar-refractivity contribution in [1.82, 2.24) is 5.32 Å². The lowest BCUT2D eigenvalue weighted by molar-refractivity contribution is -0.116. The molecule has 0 aromatic heterocycles. The second kappa shape index (κ2) is 7.47. The average Bonchev–Trinajstić information content (AvgIpc) is 3.08. The SMILES string of the molecule is CC(=O)N(CCNC(=O)c1ccc2c(c1)OCO2)c1ccc(C)c(C)c1. The van der Waals surface area contributed by atoms with Crippen LogP contribution in [0.15, 0.2) is 36.4 Å². The Balaban J connectivity index is 1.62. The van der Waals surface area contributed by atoms with E-state index in [2.05, 4.69) is 5.32 Å². The van der Waals surface area contributed by atoms with E-state index in [-0.39, 0.29) is 18.6 Å². The fourth-order valence-corrected chi connectivity index (χ4v) is 2.78. The van der Waals surface area contributed by atoms with Crippen LogP contribution < -0.4 is 19.7 Å². The van der Waals surface area contributed by atoms with Crippen molar-refractivity contribution < 1.29 is 19.1 Å². The van der Waals surface area contributed by atoms with E-state index in [0.717, 1.165) is 11.3 Å². The van der Waals surface area contributed by atoms with Gasteiger partial charge in [0, 0.05) is 31.3 Å². The smallest absolute Gasteiger partial charge is 0.251 e. The second-order valence-corrected chi connectivity index (χ2v) is 6.26. The van der Waals surface area contributed by atoms with E-state index in [1.165, 1.54) is 12.5 Å². The molecule has 1 heterocycles. The van der Waals surface area contributed by atoms with Gasteiger partial charge >= 0.3 is 0 Å². The first-order valence-corrected chi connectivity index (χ1v) is 8.49. The minimum atomic E-state index is -0.216. The molecular formula is C20H22N2O4. The molecule has 2 amide bonds. The Hall–Kier alpha value is -3.02. The average molecular weight is 354 g/mol. The summed E-state index contributed by atoms with van der Waals surface area (Å²) >= 11 is 0. The maximum atomic E-state index is 12.3. The van der Waals surface area contributed by atoms with Crippen LogP contribution in [0.25, 0.3) is 0 Å². The van der Waals surface area contributed by atoms with Gasteiger partial charge in [0.2, 0.25) is 12.7 Å². The Morgan fingerprint density at radius 3 is 2.54 bits per heavy atom. The number of fused-ring (bicyclic) bond motifs is 1. The molecule has 0 saturated carbocycles. The summed E-state index contributed by atoms with van der Waals surface area (Å²) in [6.45, 7) is 6.48. The summed E-state index contributed by atoms with van der Waals surface area (Å²) in [4.78, 5) is 26.0. The van der Waals surface area contributed by atoms with Gasteiger partial charge < -0.3 is 19.7 Å². The minimum Gasteiger partial charge on any atom is -0.454 e. The van der Waals surface area contributed by atoms with Gasteiger partial charge in [-0.3, -0.25) is 9.59 Å². The van der Waals surface area contributed by atoms with Crippen LogP contribution in [0.2, 0.25) is 0 Å². The molecule has 0 atom stereocenters. The monoisotopic (exact) mass is 354 g/mol. The van der Waals surface area contributed by atoms with Gasteiger partial charge in [0.15, 0.2) is 11.5 Å². The Morgan fingerprint density at radius 1 is 1.04 bits per heavy atom. The lowest BCUT2D eigenvalue weighted by Gasteiger charge is -2.22. The maximum absolute atomic E-state index is 12.3. The highest BCUT2D eigenvalue weighted by molar-refractivity contribution is 5.95. The molecule has 0 spiro atoms. The molecule has 26 heavy (non-hydrogen) atoms. The number of aryl methyl sites for hydroxylation is 2. The molecule has 0 saturated heterocycles. The summed E-state index contributed by atoms with van der Waals surface area (Å²) in [5, 5.41) is 2.84. The fraction of sp³-hybridized carbons (Fsp3) is 0.300. The number of hydrogen-bond acceptors (Lipinski definition) is 4. The normalized spacial score (nSPS) is 12.0. The molecule has 136 valence electrons. The van der Waals surface area contributed by atoms with Crippen LogP contribution in [-0.4, -0.2) is 31.7 Å². The maximum Gasteiger partial charge on any atom is 0.251 e. The van der Waals surface area contributed by atoms with Crippen molar-refractivity contribution in [3.8, 4) is 11.5 Å². The summed E-state index contributed by atoms with van der Waals surface area (Å²) in [5.41, 5.74) is 3.62. The number of hydrogen-bond donors (Lipinski definition) is 1. The van der Waals surface area contributed by atoms with E-state index < -0.39 is 0 Å². The Bertz CT molecular complexity index is 848. The summed E-state index contributed by atoms with van der Waals surface area (Å²) in [5.74, 6) is 0.926. The number of carbonyl (C=O) groups excluding carboxylic acids is 2. The highest BCUT2D eigenvalue weighted by atomic mass is 16.7. The summed E-state index contributed by atoms with van der Waals surface area (Å²) in [6, 6.07) is 11.0. The van der Waals surface area contributed by atoms with E-state index in [1.54, 1.807) is 23.1 Å². The molecule has 6 nitrogen and oxygen atoms in total. The van der Waals surface area contributed by atoms with Crippen molar-refractivity contribution in [2.75, 3.05) is 24.8 Å². The van der Waals surface area contributed by atoms with E-state index in [1.807, 2.05) is 32.0 Å². The molecule has 2 aromatic carbocycles. The predicted molar refractivity (Wildman–Crippen MR) is 98.8 cm³/mol. The zero-order valence-electron chi connectivity index (χ0n) is 15.2. The van der Waals surface area contributed by atoms with Crippen LogP contribution in [0.5, 0.6) is 11.5 Å². The van der Waals surface area contributed by atoms with Crippen molar-refractivity contribution >= 4 is 17.5 Å². The number of amides is 2. The predicted octanol–water partition coefficient (Wildman–Crippen LogP) is 2.82. The molecule has 0 aliphatic carbocycles. The Morgan fingerprint density at radius 2 is 1.81 bits per heavy atom. The van der Waals surface area contributed by atoms with Gasteiger partial charge in [0.05, 0.1) is 0 Å². The Labute approximate surface area is 152 Å². The molecule has 1 aliphatic rings. The molecule has 0 radical (unpaired) electrons. The molecule has 0 fully saturated rings. The van der Waals surface area contributed by atoms with Crippen molar-refractivity contribution in [2.45, 2.75) is 20.8 Å². The molecular weight excluding hydrogens is 332 g/mol. The Kier molecular flexibility index (Phi) is 5.11. The topological polar surface area (TPSA) is 67.9 Å². The molecule has 2 aromatic rings. The van der Waals surface area contributed by atoms with Gasteiger partial charge in [0.25, 0.3) is 5.91 Å². The van der Waals surface area contributed by atoms with Gasteiger partial charge in [0.1, 0.15) is 0 Å². The number of ether oxygens (including phenoxy) is 2. The third-order valence-electron chi connectivity index (χ3n) is 4.44. The first-order valence-electron chi connectivity index (χ1n) is 8.49. The number of benzene rings is 2. The van der Waals surface area contributed by atoms with E-state index in [4.69, 9.17) is 9.47 Å². The summed E-state index contributed by atoms with van der Waals surface area (Å²) in [7, 11) is 0. The van der Waals surface area contributed by atoms with Crippen LogP contribution in [0.3, 0.4) is 0 Å². The highest BCUT2D eigenvalue weighted by Crippen LogP contribution is 2.32. The molecule has 3 rings (SSSR count). The van der Waals surface area contributed by atoms with E-state index in [0.29, 0.717) is 30.2 Å². The van der Waals surface area contributed by atoms with Crippen molar-refractivity contribution in [1.29, 1.82) is 0 Å². The lowest BCUT2D eigenvalue weighted by atomic mass is 10.1. The summed E-state index contributed by atoms with van der Waals surface area (Å²) < 4.78 is 10.5. The minimum absolute atomic E-state index is 0.0643. The van der Waals surface area contributed by atoms with Gasteiger partial charge in [-0.2, -0.15) is 0 Å². The van der Waals surface area contributed by atoms with E-state index in [9.17, 15) is 9.59 Å². The number of nitrogens with zero attached hydrogens (tertiary/aromatic N) is 1. The van der Waals surface area contributed by atoms with Gasteiger partial charge in [-0.15, -0.1) is 0 Å². The second-order valence-electron chi connectivity index (χ2n) is 6.26. The first-order chi connectivity index (χ1) is 12.5. The number of rotatable bonds is 5. The van der Waals surface area contributed by atoms with Gasteiger partial charge in [-0.1, -0.05) is 6.07 Å². The first kappa shape index (κ1) is 17.8. The third kappa shape index (κ3) is 3.79. The van der Waals surface area contributed by atoms with Crippen molar-refractivity contribution in [3.63, 3.8) is 0 Å². The van der Waals surface area contributed by atoms with Gasteiger partial charge in [-0.05, 0) is 55.3 Å². The zero-order chi connectivity index (χ0) is 18.7. The molecule has 1 aliphatic heterocycles. The quantitative estimate of drug-likeness (QED) is 0.897. The van der Waals surface area contributed by atoms with Crippen LogP contribution in [0.1, 0.15) is 28.4 Å². The van der Waals surface area contributed by atoms with Crippen LogP contribution in [-0.2, 0) is 4.79 Å². The number of anilines is 1. The standard InChI is InChI=1S/C20H22N2O4/c1-13-4-6-17(10-14(13)2)22(15(3)23)9-8-21-20(24)16-5-7-18-19(11-16)26-12-25-18/h4-7,10-11H,8-9,12H2,1-3H3,(H,21,24). The van der Waals surface area contributed by atoms with Crippen LogP contribution >= 0.6 is 0 Å². The van der Waals surface area contributed by atoms with Crippen LogP contribution in [0, 0.1) is 13.8 Å². The van der Waals surface area contributed by atoms with Gasteiger partial charge in [-0.25, -0.2) is 0 Å². The molecule has 1 N–H and O–H groups in total. The highest BCUT2D eigenvalue weighted by Gasteiger charge is 2.17. The summed E-state index contributed by atoms with van der Waals surface area (Å²) in [6.07, 6.45) is 0. The fourth-order valence-electron chi connectivity index (χ4n) is 2.78. The molecule has 0 unspecified atom stereocenters. The van der Waals surface area contributed by atoms with Crippen molar-refractivity contribution in [3.05, 3.63) is 53.1 Å². The van der Waals surface area contributed by atoms with Crippen molar-refractivity contribution in [2.24, 2.45) is 0 Å². The molecule has 0 bridgehead atoms. The number of nitrogens with one attached hydrogen (secondary N) is 1. The van der Waals surface area contributed by atoms with E-state index >= 15 is 0 Å². The lowest BCUT2D eigenvalue weighted by Crippen LogP contribution is -2.37. The third-order valence-corrected chi connectivity index (χ3v) is 4.44. The largest absolute Gasteiger partial charge is 0.454 e.